The zero-order valence-corrected chi connectivity index (χ0v) is 10.6. The van der Waals surface area contributed by atoms with E-state index in [0.29, 0.717) is 0 Å². The van der Waals surface area contributed by atoms with Crippen molar-refractivity contribution >= 4 is 11.9 Å². The Bertz CT molecular complexity index is 382. The molecule has 2 unspecified atom stereocenters. The molecule has 5 heteroatoms. The predicted octanol–water partition coefficient (Wildman–Crippen LogP) is 1.45. The van der Waals surface area contributed by atoms with Crippen molar-refractivity contribution in [1.82, 2.24) is 5.32 Å². The van der Waals surface area contributed by atoms with Crippen molar-refractivity contribution in [3.05, 3.63) is 12.3 Å². The van der Waals surface area contributed by atoms with Gasteiger partial charge < -0.3 is 15.5 Å². The molecular weight excluding hydrogens is 222 g/mol. The van der Waals surface area contributed by atoms with Crippen LogP contribution in [0.1, 0.15) is 34.1 Å². The van der Waals surface area contributed by atoms with Crippen molar-refractivity contribution < 1.29 is 19.8 Å². The summed E-state index contributed by atoms with van der Waals surface area (Å²) in [7, 11) is 0. The van der Waals surface area contributed by atoms with E-state index in [1.807, 2.05) is 0 Å². The van der Waals surface area contributed by atoms with E-state index >= 15 is 0 Å². The SMILES string of the molecule is CC(C)(C)C1(C(=O)O)CC=CNC1(C)C(=O)O. The van der Waals surface area contributed by atoms with Gasteiger partial charge in [0.15, 0.2) is 0 Å². The molecule has 0 aromatic rings. The van der Waals surface area contributed by atoms with Crippen molar-refractivity contribution in [2.75, 3.05) is 0 Å². The second-order valence-corrected chi connectivity index (χ2v) is 5.64. The number of hydrogen-bond acceptors (Lipinski definition) is 3. The van der Waals surface area contributed by atoms with Crippen molar-refractivity contribution in [2.45, 2.75) is 39.7 Å². The van der Waals surface area contributed by atoms with Gasteiger partial charge in [-0.2, -0.15) is 0 Å². The Morgan fingerprint density at radius 1 is 1.24 bits per heavy atom. The minimum absolute atomic E-state index is 0.196. The van der Waals surface area contributed by atoms with Gasteiger partial charge in [-0.3, -0.25) is 4.79 Å². The second-order valence-electron chi connectivity index (χ2n) is 5.64. The molecule has 5 nitrogen and oxygen atoms in total. The van der Waals surface area contributed by atoms with Gasteiger partial charge in [-0.1, -0.05) is 26.8 Å². The zero-order valence-electron chi connectivity index (χ0n) is 10.6. The molecule has 0 aromatic carbocycles. The van der Waals surface area contributed by atoms with Crippen LogP contribution in [0.3, 0.4) is 0 Å². The minimum Gasteiger partial charge on any atom is -0.481 e. The van der Waals surface area contributed by atoms with Gasteiger partial charge in [-0.05, 0) is 25.0 Å². The van der Waals surface area contributed by atoms with E-state index in [1.165, 1.54) is 13.1 Å². The van der Waals surface area contributed by atoms with Gasteiger partial charge in [0.25, 0.3) is 0 Å². The van der Waals surface area contributed by atoms with Crippen LogP contribution in [0.5, 0.6) is 0 Å². The third-order valence-corrected chi connectivity index (χ3v) is 3.84. The van der Waals surface area contributed by atoms with Crippen LogP contribution in [-0.2, 0) is 9.59 Å². The average molecular weight is 241 g/mol. The number of allylic oxidation sites excluding steroid dienone is 1. The first-order valence-electron chi connectivity index (χ1n) is 5.49. The molecular formula is C12H19NO4. The Labute approximate surface area is 101 Å². The van der Waals surface area contributed by atoms with Crippen LogP contribution >= 0.6 is 0 Å². The van der Waals surface area contributed by atoms with Crippen LogP contribution in [0.2, 0.25) is 0 Å². The molecule has 1 aliphatic rings. The molecule has 96 valence electrons. The first kappa shape index (κ1) is 13.5. The lowest BCUT2D eigenvalue weighted by Crippen LogP contribution is -2.69. The van der Waals surface area contributed by atoms with E-state index in [9.17, 15) is 19.8 Å². The number of carboxylic acids is 2. The zero-order chi connectivity index (χ0) is 13.5. The number of carboxylic acid groups (broad SMARTS) is 2. The highest BCUT2D eigenvalue weighted by Crippen LogP contribution is 2.51. The number of aliphatic carboxylic acids is 2. The van der Waals surface area contributed by atoms with Gasteiger partial charge in [0.1, 0.15) is 11.0 Å². The second kappa shape index (κ2) is 3.75. The Balaban J connectivity index is 3.52. The fourth-order valence-corrected chi connectivity index (χ4v) is 2.71. The molecule has 0 radical (unpaired) electrons. The quantitative estimate of drug-likeness (QED) is 0.681. The topological polar surface area (TPSA) is 86.6 Å². The summed E-state index contributed by atoms with van der Waals surface area (Å²) >= 11 is 0. The number of nitrogens with one attached hydrogen (secondary N) is 1. The molecule has 1 rings (SSSR count). The fourth-order valence-electron chi connectivity index (χ4n) is 2.71. The van der Waals surface area contributed by atoms with Crippen LogP contribution in [-0.4, -0.2) is 27.7 Å². The third-order valence-electron chi connectivity index (χ3n) is 3.84. The fraction of sp³-hybridized carbons (Fsp3) is 0.667. The summed E-state index contributed by atoms with van der Waals surface area (Å²) in [6, 6.07) is 0. The molecule has 0 bridgehead atoms. The summed E-state index contributed by atoms with van der Waals surface area (Å²) < 4.78 is 0. The summed E-state index contributed by atoms with van der Waals surface area (Å²) in [4.78, 5) is 23.2. The maximum absolute atomic E-state index is 11.7. The monoisotopic (exact) mass is 241 g/mol. The van der Waals surface area contributed by atoms with Crippen LogP contribution in [0.15, 0.2) is 12.3 Å². The third kappa shape index (κ3) is 1.61. The van der Waals surface area contributed by atoms with Gasteiger partial charge in [-0.15, -0.1) is 0 Å². The van der Waals surface area contributed by atoms with Gasteiger partial charge >= 0.3 is 11.9 Å². The van der Waals surface area contributed by atoms with Gasteiger partial charge in [0.05, 0.1) is 0 Å². The molecule has 0 spiro atoms. The number of carbonyl (C=O) groups is 2. The van der Waals surface area contributed by atoms with Crippen LogP contribution in [0, 0.1) is 10.8 Å². The van der Waals surface area contributed by atoms with Crippen molar-refractivity contribution in [3.8, 4) is 0 Å². The highest BCUT2D eigenvalue weighted by Gasteiger charge is 2.64. The Hall–Kier alpha value is -1.52. The maximum Gasteiger partial charge on any atom is 0.330 e. The molecule has 0 aliphatic carbocycles. The Morgan fingerprint density at radius 3 is 2.06 bits per heavy atom. The van der Waals surface area contributed by atoms with Crippen LogP contribution in [0.4, 0.5) is 0 Å². The summed E-state index contributed by atoms with van der Waals surface area (Å²) in [6.07, 6.45) is 3.38. The summed E-state index contributed by atoms with van der Waals surface area (Å²) in [5.41, 5.74) is -3.60. The first-order valence-corrected chi connectivity index (χ1v) is 5.49. The van der Waals surface area contributed by atoms with Crippen molar-refractivity contribution in [3.63, 3.8) is 0 Å². The summed E-state index contributed by atoms with van der Waals surface area (Å²) in [5.74, 6) is -2.24. The van der Waals surface area contributed by atoms with E-state index in [-0.39, 0.29) is 6.42 Å². The van der Waals surface area contributed by atoms with Gasteiger partial charge in [0.2, 0.25) is 0 Å². The maximum atomic E-state index is 11.7. The molecule has 2 atom stereocenters. The lowest BCUT2D eigenvalue weighted by molar-refractivity contribution is -0.176. The van der Waals surface area contributed by atoms with E-state index in [4.69, 9.17) is 0 Å². The minimum atomic E-state index is -1.52. The molecule has 1 aliphatic heterocycles. The number of rotatable bonds is 2. The van der Waals surface area contributed by atoms with Crippen molar-refractivity contribution in [2.24, 2.45) is 10.8 Å². The summed E-state index contributed by atoms with van der Waals surface area (Å²) in [5, 5.41) is 21.7. The molecule has 0 amide bonds. The average Bonchev–Trinajstić information content (AvgIpc) is 2.15. The number of hydrogen-bond donors (Lipinski definition) is 3. The van der Waals surface area contributed by atoms with E-state index in [1.54, 1.807) is 26.8 Å². The standard InChI is InChI=1S/C12H19NO4/c1-10(2,3)12(9(16)17)6-5-7-13-11(12,4)8(14)15/h5,7,13H,6H2,1-4H3,(H,14,15)(H,16,17). The smallest absolute Gasteiger partial charge is 0.330 e. The van der Waals surface area contributed by atoms with E-state index in [0.717, 1.165) is 0 Å². The normalized spacial score (nSPS) is 32.9. The predicted molar refractivity (Wildman–Crippen MR) is 62.5 cm³/mol. The van der Waals surface area contributed by atoms with E-state index < -0.39 is 28.3 Å². The molecule has 3 N–H and O–H groups in total. The van der Waals surface area contributed by atoms with Crippen LogP contribution < -0.4 is 5.32 Å². The Morgan fingerprint density at radius 2 is 1.76 bits per heavy atom. The highest BCUT2D eigenvalue weighted by molar-refractivity contribution is 5.91. The largest absolute Gasteiger partial charge is 0.481 e. The lowest BCUT2D eigenvalue weighted by Gasteiger charge is -2.52. The molecule has 0 fully saturated rings. The van der Waals surface area contributed by atoms with Gasteiger partial charge in [-0.25, -0.2) is 4.79 Å². The Kier molecular flexibility index (Phi) is 2.99. The first-order chi connectivity index (χ1) is 7.59. The molecule has 0 aromatic heterocycles. The van der Waals surface area contributed by atoms with Gasteiger partial charge in [0, 0.05) is 0 Å². The molecule has 0 saturated carbocycles. The van der Waals surface area contributed by atoms with Crippen molar-refractivity contribution in [1.29, 1.82) is 0 Å². The molecule has 17 heavy (non-hydrogen) atoms. The summed E-state index contributed by atoms with van der Waals surface area (Å²) in [6.45, 7) is 6.69. The lowest BCUT2D eigenvalue weighted by atomic mass is 9.54. The van der Waals surface area contributed by atoms with E-state index in [2.05, 4.69) is 5.32 Å². The molecule has 0 saturated heterocycles. The van der Waals surface area contributed by atoms with Crippen LogP contribution in [0.25, 0.3) is 0 Å². The highest BCUT2D eigenvalue weighted by atomic mass is 16.4. The molecule has 1 heterocycles.